The highest BCUT2D eigenvalue weighted by Crippen LogP contribution is 2.15. The zero-order chi connectivity index (χ0) is 11.5. The number of nitrogens with zero attached hydrogens (tertiary/aromatic N) is 4. The van der Waals surface area contributed by atoms with Crippen LogP contribution in [0.3, 0.4) is 0 Å². The Morgan fingerprint density at radius 1 is 1.31 bits per heavy atom. The lowest BCUT2D eigenvalue weighted by Gasteiger charge is -2.07. The van der Waals surface area contributed by atoms with Crippen LogP contribution in [0.2, 0.25) is 0 Å². The van der Waals surface area contributed by atoms with Crippen LogP contribution in [0.15, 0.2) is 24.8 Å². The van der Waals surface area contributed by atoms with Gasteiger partial charge in [-0.3, -0.25) is 14.6 Å². The molecule has 84 valence electrons. The molecule has 0 amide bonds. The van der Waals surface area contributed by atoms with Crippen LogP contribution < -0.4 is 5.73 Å². The third kappa shape index (κ3) is 2.09. The fraction of sp³-hybridized carbons (Fsp3) is 0.364. The van der Waals surface area contributed by atoms with Crippen molar-refractivity contribution in [3.05, 3.63) is 41.7 Å². The van der Waals surface area contributed by atoms with E-state index in [0.717, 1.165) is 23.5 Å². The van der Waals surface area contributed by atoms with E-state index in [4.69, 9.17) is 5.73 Å². The van der Waals surface area contributed by atoms with Crippen molar-refractivity contribution in [1.82, 2.24) is 19.7 Å². The van der Waals surface area contributed by atoms with Crippen LogP contribution in [0, 0.1) is 6.92 Å². The minimum atomic E-state index is -0.256. The summed E-state index contributed by atoms with van der Waals surface area (Å²) in [4.78, 5) is 8.45. The molecular weight excluding hydrogens is 202 g/mol. The van der Waals surface area contributed by atoms with Crippen molar-refractivity contribution in [2.24, 2.45) is 5.73 Å². The smallest absolute Gasteiger partial charge is 0.0800 e. The van der Waals surface area contributed by atoms with Crippen molar-refractivity contribution in [2.75, 3.05) is 0 Å². The standard InChI is InChI=1S/C11H15N5/c1-3-16-7-9(5-15-16)11(12)10-6-13-8(2)4-14-10/h4-7,11H,3,12H2,1-2H3. The molecule has 5 nitrogen and oxygen atoms in total. The number of hydrogen-bond donors (Lipinski definition) is 1. The summed E-state index contributed by atoms with van der Waals surface area (Å²) in [5, 5.41) is 4.19. The van der Waals surface area contributed by atoms with E-state index in [1.807, 2.05) is 24.7 Å². The highest BCUT2D eigenvalue weighted by Gasteiger charge is 2.12. The molecule has 1 atom stereocenters. The van der Waals surface area contributed by atoms with Gasteiger partial charge in [-0.1, -0.05) is 0 Å². The van der Waals surface area contributed by atoms with Crippen molar-refractivity contribution >= 4 is 0 Å². The normalized spacial score (nSPS) is 12.7. The molecule has 2 aromatic heterocycles. The van der Waals surface area contributed by atoms with E-state index in [1.54, 1.807) is 18.6 Å². The highest BCUT2D eigenvalue weighted by molar-refractivity contribution is 5.21. The van der Waals surface area contributed by atoms with Gasteiger partial charge in [0.1, 0.15) is 0 Å². The summed E-state index contributed by atoms with van der Waals surface area (Å²) >= 11 is 0. The third-order valence-corrected chi connectivity index (χ3v) is 2.46. The Bertz CT molecular complexity index is 459. The van der Waals surface area contributed by atoms with Crippen LogP contribution >= 0.6 is 0 Å². The number of aryl methyl sites for hydroxylation is 2. The molecule has 1 unspecified atom stereocenters. The fourth-order valence-corrected chi connectivity index (χ4v) is 1.45. The molecule has 0 aliphatic carbocycles. The van der Waals surface area contributed by atoms with Crippen molar-refractivity contribution < 1.29 is 0 Å². The fourth-order valence-electron chi connectivity index (χ4n) is 1.45. The summed E-state index contributed by atoms with van der Waals surface area (Å²) in [7, 11) is 0. The Labute approximate surface area is 94.3 Å². The maximum Gasteiger partial charge on any atom is 0.0800 e. The van der Waals surface area contributed by atoms with Crippen molar-refractivity contribution in [3.8, 4) is 0 Å². The molecular formula is C11H15N5. The Balaban J connectivity index is 2.24. The molecule has 0 saturated carbocycles. The zero-order valence-electron chi connectivity index (χ0n) is 9.46. The topological polar surface area (TPSA) is 69.6 Å². The van der Waals surface area contributed by atoms with Gasteiger partial charge in [0, 0.05) is 24.5 Å². The Morgan fingerprint density at radius 2 is 2.12 bits per heavy atom. The van der Waals surface area contributed by atoms with E-state index in [9.17, 15) is 0 Å². The van der Waals surface area contributed by atoms with Crippen molar-refractivity contribution in [3.63, 3.8) is 0 Å². The second-order valence-electron chi connectivity index (χ2n) is 3.69. The molecule has 0 aliphatic heterocycles. The van der Waals surface area contributed by atoms with E-state index in [0.29, 0.717) is 0 Å². The van der Waals surface area contributed by atoms with E-state index in [2.05, 4.69) is 15.1 Å². The molecule has 2 rings (SSSR count). The Hall–Kier alpha value is -1.75. The summed E-state index contributed by atoms with van der Waals surface area (Å²) in [6, 6.07) is -0.256. The molecule has 0 radical (unpaired) electrons. The van der Waals surface area contributed by atoms with Gasteiger partial charge in [-0.05, 0) is 13.8 Å². The number of aromatic nitrogens is 4. The van der Waals surface area contributed by atoms with Crippen LogP contribution in [-0.2, 0) is 6.54 Å². The third-order valence-electron chi connectivity index (χ3n) is 2.46. The first-order valence-electron chi connectivity index (χ1n) is 5.27. The molecule has 16 heavy (non-hydrogen) atoms. The van der Waals surface area contributed by atoms with E-state index >= 15 is 0 Å². The maximum atomic E-state index is 6.08. The van der Waals surface area contributed by atoms with Gasteiger partial charge in [0.05, 0.1) is 29.8 Å². The summed E-state index contributed by atoms with van der Waals surface area (Å²) in [5.41, 5.74) is 8.69. The van der Waals surface area contributed by atoms with Crippen LogP contribution in [0.25, 0.3) is 0 Å². The minimum Gasteiger partial charge on any atom is -0.319 e. The van der Waals surface area contributed by atoms with Gasteiger partial charge in [-0.2, -0.15) is 5.10 Å². The van der Waals surface area contributed by atoms with Crippen LogP contribution in [0.1, 0.15) is 29.9 Å². The quantitative estimate of drug-likeness (QED) is 0.834. The largest absolute Gasteiger partial charge is 0.319 e. The predicted octanol–water partition coefficient (Wildman–Crippen LogP) is 1.05. The molecule has 2 heterocycles. The second kappa shape index (κ2) is 4.40. The lowest BCUT2D eigenvalue weighted by molar-refractivity contribution is 0.658. The minimum absolute atomic E-state index is 0.256. The second-order valence-corrected chi connectivity index (χ2v) is 3.69. The maximum absolute atomic E-state index is 6.08. The SMILES string of the molecule is CCn1cc(C(N)c2cnc(C)cn2)cn1. The van der Waals surface area contributed by atoms with Crippen molar-refractivity contribution in [2.45, 2.75) is 26.4 Å². The first kappa shape index (κ1) is 10.8. The van der Waals surface area contributed by atoms with Gasteiger partial charge in [0.2, 0.25) is 0 Å². The van der Waals surface area contributed by atoms with E-state index in [1.165, 1.54) is 0 Å². The number of nitrogens with two attached hydrogens (primary N) is 1. The monoisotopic (exact) mass is 217 g/mol. The molecule has 0 aliphatic rings. The number of rotatable bonds is 3. The van der Waals surface area contributed by atoms with Crippen LogP contribution in [0.4, 0.5) is 0 Å². The molecule has 0 fully saturated rings. The van der Waals surface area contributed by atoms with E-state index in [-0.39, 0.29) is 6.04 Å². The lowest BCUT2D eigenvalue weighted by Crippen LogP contribution is -2.13. The van der Waals surface area contributed by atoms with Gasteiger partial charge in [0.25, 0.3) is 0 Å². The predicted molar refractivity (Wildman–Crippen MR) is 60.7 cm³/mol. The van der Waals surface area contributed by atoms with Crippen LogP contribution in [-0.4, -0.2) is 19.7 Å². The van der Waals surface area contributed by atoms with Gasteiger partial charge in [-0.25, -0.2) is 0 Å². The summed E-state index contributed by atoms with van der Waals surface area (Å²) in [6.07, 6.45) is 7.14. The molecule has 5 heteroatoms. The van der Waals surface area contributed by atoms with Crippen molar-refractivity contribution in [1.29, 1.82) is 0 Å². The molecule has 0 saturated heterocycles. The van der Waals surface area contributed by atoms with Gasteiger partial charge in [0.15, 0.2) is 0 Å². The zero-order valence-corrected chi connectivity index (χ0v) is 9.46. The van der Waals surface area contributed by atoms with E-state index < -0.39 is 0 Å². The number of hydrogen-bond acceptors (Lipinski definition) is 4. The summed E-state index contributed by atoms with van der Waals surface area (Å²) in [5.74, 6) is 0. The molecule has 0 spiro atoms. The van der Waals surface area contributed by atoms with Crippen LogP contribution in [0.5, 0.6) is 0 Å². The molecule has 2 aromatic rings. The summed E-state index contributed by atoms with van der Waals surface area (Å²) < 4.78 is 1.84. The Morgan fingerprint density at radius 3 is 2.69 bits per heavy atom. The van der Waals surface area contributed by atoms with Gasteiger partial charge in [-0.15, -0.1) is 0 Å². The Kier molecular flexibility index (Phi) is 2.96. The first-order valence-corrected chi connectivity index (χ1v) is 5.27. The highest BCUT2D eigenvalue weighted by atomic mass is 15.3. The van der Waals surface area contributed by atoms with Gasteiger partial charge >= 0.3 is 0 Å². The molecule has 0 bridgehead atoms. The summed E-state index contributed by atoms with van der Waals surface area (Å²) in [6.45, 7) is 4.78. The average Bonchev–Trinajstić information content (AvgIpc) is 2.77. The van der Waals surface area contributed by atoms with Gasteiger partial charge < -0.3 is 5.73 Å². The average molecular weight is 217 g/mol. The molecule has 0 aromatic carbocycles. The first-order chi connectivity index (χ1) is 7.70. The molecule has 2 N–H and O–H groups in total. The lowest BCUT2D eigenvalue weighted by atomic mass is 10.1.